The molecule has 2 nitrogen and oxygen atoms in total. The van der Waals surface area contributed by atoms with Gasteiger partial charge in [-0.3, -0.25) is 0 Å². The SMILES string of the molecule is Cc1cc(C)c(-c2nc3c4ccccc4c4ccccc4c3nc2C2=CC(c3ccc4sc5ccccc5c4c3)=CCC2)c(C)c1. The van der Waals surface area contributed by atoms with Gasteiger partial charge in [0.1, 0.15) is 0 Å². The Hall–Kier alpha value is -5.12. The highest BCUT2D eigenvalue weighted by Gasteiger charge is 2.22. The second kappa shape index (κ2) is 10.5. The van der Waals surface area contributed by atoms with Crippen LogP contribution in [0.15, 0.2) is 115 Å². The average Bonchev–Trinajstić information content (AvgIpc) is 3.46. The summed E-state index contributed by atoms with van der Waals surface area (Å²) in [5.74, 6) is 0. The van der Waals surface area contributed by atoms with Crippen LogP contribution in [0.1, 0.15) is 40.8 Å². The molecule has 0 bridgehead atoms. The zero-order valence-electron chi connectivity index (χ0n) is 26.2. The molecule has 0 amide bonds. The fourth-order valence-corrected chi connectivity index (χ4v) is 8.69. The van der Waals surface area contributed by atoms with Crippen molar-refractivity contribution in [1.29, 1.82) is 0 Å². The lowest BCUT2D eigenvalue weighted by molar-refractivity contribution is 1.04. The number of nitrogens with zero attached hydrogens (tertiary/aromatic N) is 2. The number of aromatic nitrogens is 2. The van der Waals surface area contributed by atoms with Gasteiger partial charge in [-0.15, -0.1) is 11.3 Å². The van der Waals surface area contributed by atoms with Crippen molar-refractivity contribution in [2.45, 2.75) is 33.6 Å². The molecule has 2 aromatic heterocycles. The van der Waals surface area contributed by atoms with E-state index < -0.39 is 0 Å². The summed E-state index contributed by atoms with van der Waals surface area (Å²) in [6, 6.07) is 37.5. The highest BCUT2D eigenvalue weighted by Crippen LogP contribution is 2.42. The molecule has 0 aliphatic heterocycles. The molecule has 3 heteroatoms. The van der Waals surface area contributed by atoms with Crippen molar-refractivity contribution in [1.82, 2.24) is 9.97 Å². The van der Waals surface area contributed by atoms with Gasteiger partial charge in [0, 0.05) is 36.5 Å². The molecule has 220 valence electrons. The summed E-state index contributed by atoms with van der Waals surface area (Å²) in [7, 11) is 0. The first-order chi connectivity index (χ1) is 22.5. The molecule has 0 fully saturated rings. The fourth-order valence-electron chi connectivity index (χ4n) is 7.61. The maximum Gasteiger partial charge on any atom is 0.0979 e. The topological polar surface area (TPSA) is 25.8 Å². The molecule has 1 aliphatic rings. The van der Waals surface area contributed by atoms with Crippen LogP contribution in [0.4, 0.5) is 0 Å². The first-order valence-corrected chi connectivity index (χ1v) is 16.9. The summed E-state index contributed by atoms with van der Waals surface area (Å²) in [5.41, 5.74) is 12.6. The first-order valence-electron chi connectivity index (χ1n) is 16.1. The van der Waals surface area contributed by atoms with Gasteiger partial charge in [-0.05, 0) is 96.5 Å². The van der Waals surface area contributed by atoms with Crippen LogP contribution in [0.5, 0.6) is 0 Å². The van der Waals surface area contributed by atoms with Gasteiger partial charge in [-0.25, -0.2) is 9.97 Å². The van der Waals surface area contributed by atoms with E-state index in [4.69, 9.17) is 9.97 Å². The number of benzene rings is 6. The van der Waals surface area contributed by atoms with Crippen molar-refractivity contribution in [2.24, 2.45) is 0 Å². The van der Waals surface area contributed by atoms with E-state index in [1.165, 1.54) is 69.9 Å². The maximum atomic E-state index is 5.61. The zero-order chi connectivity index (χ0) is 30.9. The molecule has 0 N–H and O–H groups in total. The van der Waals surface area contributed by atoms with Gasteiger partial charge in [0.25, 0.3) is 0 Å². The number of thiophene rings is 1. The molecular weight excluding hydrogens is 577 g/mol. The largest absolute Gasteiger partial charge is 0.244 e. The van der Waals surface area contributed by atoms with Crippen molar-refractivity contribution in [3.8, 4) is 11.3 Å². The summed E-state index contributed by atoms with van der Waals surface area (Å²) < 4.78 is 2.67. The number of aryl methyl sites for hydroxylation is 3. The van der Waals surface area contributed by atoms with Gasteiger partial charge in [-0.1, -0.05) is 96.6 Å². The molecule has 0 radical (unpaired) electrons. The monoisotopic (exact) mass is 608 g/mol. The van der Waals surface area contributed by atoms with Gasteiger partial charge < -0.3 is 0 Å². The minimum atomic E-state index is 0.926. The minimum Gasteiger partial charge on any atom is -0.244 e. The zero-order valence-corrected chi connectivity index (χ0v) is 27.0. The Kier molecular flexibility index (Phi) is 6.19. The van der Waals surface area contributed by atoms with E-state index in [2.05, 4.69) is 136 Å². The van der Waals surface area contributed by atoms with E-state index in [-0.39, 0.29) is 0 Å². The lowest BCUT2D eigenvalue weighted by atomic mass is 9.88. The Labute approximate surface area is 272 Å². The summed E-state index contributed by atoms with van der Waals surface area (Å²) in [4.78, 5) is 11.2. The van der Waals surface area contributed by atoms with Crippen molar-refractivity contribution in [2.75, 3.05) is 0 Å². The first kappa shape index (κ1) is 27.2. The maximum absolute atomic E-state index is 5.61. The molecule has 0 spiro atoms. The van der Waals surface area contributed by atoms with Gasteiger partial charge in [0.15, 0.2) is 0 Å². The second-order valence-corrected chi connectivity index (χ2v) is 13.7. The average molecular weight is 609 g/mol. The Bertz CT molecular complexity index is 2590. The molecule has 0 saturated carbocycles. The van der Waals surface area contributed by atoms with Crippen LogP contribution in [-0.4, -0.2) is 9.97 Å². The third kappa shape index (κ3) is 4.23. The van der Waals surface area contributed by atoms with E-state index in [1.807, 2.05) is 11.3 Å². The highest BCUT2D eigenvalue weighted by atomic mass is 32.1. The second-order valence-electron chi connectivity index (χ2n) is 12.7. The van der Waals surface area contributed by atoms with Crippen molar-refractivity contribution in [3.63, 3.8) is 0 Å². The van der Waals surface area contributed by atoms with Crippen molar-refractivity contribution < 1.29 is 0 Å². The summed E-state index contributed by atoms with van der Waals surface area (Å²) in [6.45, 7) is 6.60. The predicted octanol–water partition coefficient (Wildman–Crippen LogP) is 12.2. The van der Waals surface area contributed by atoms with E-state index >= 15 is 0 Å². The Balaban J connectivity index is 1.31. The molecule has 6 aromatic carbocycles. The summed E-state index contributed by atoms with van der Waals surface area (Å²) in [6.07, 6.45) is 6.65. The fraction of sp³-hybridized carbons (Fsp3) is 0.116. The Morgan fingerprint density at radius 3 is 1.85 bits per heavy atom. The smallest absolute Gasteiger partial charge is 0.0979 e. The highest BCUT2D eigenvalue weighted by molar-refractivity contribution is 7.25. The number of rotatable bonds is 3. The number of allylic oxidation sites excluding steroid dienone is 4. The van der Waals surface area contributed by atoms with Crippen molar-refractivity contribution in [3.05, 3.63) is 143 Å². The Morgan fingerprint density at radius 1 is 0.565 bits per heavy atom. The third-order valence-corrected chi connectivity index (χ3v) is 10.7. The molecule has 0 saturated heterocycles. The van der Waals surface area contributed by atoms with Gasteiger partial charge in [0.05, 0.1) is 22.4 Å². The molecule has 0 unspecified atom stereocenters. The van der Waals surface area contributed by atoms with E-state index in [1.54, 1.807) is 0 Å². The molecule has 0 atom stereocenters. The quantitative estimate of drug-likeness (QED) is 0.187. The lowest BCUT2D eigenvalue weighted by Gasteiger charge is -2.20. The van der Waals surface area contributed by atoms with Crippen LogP contribution >= 0.6 is 11.3 Å². The summed E-state index contributed by atoms with van der Waals surface area (Å²) in [5, 5.41) is 7.39. The number of hydrogen-bond donors (Lipinski definition) is 0. The Morgan fingerprint density at radius 2 is 1.15 bits per heavy atom. The molecule has 8 aromatic rings. The minimum absolute atomic E-state index is 0.926. The van der Waals surface area contributed by atoms with Gasteiger partial charge in [-0.2, -0.15) is 0 Å². The number of fused-ring (bicyclic) bond motifs is 9. The van der Waals surface area contributed by atoms with Gasteiger partial charge >= 0.3 is 0 Å². The molecule has 9 rings (SSSR count). The lowest BCUT2D eigenvalue weighted by Crippen LogP contribution is -2.04. The predicted molar refractivity (Wildman–Crippen MR) is 199 cm³/mol. The molecule has 1 aliphatic carbocycles. The molecule has 46 heavy (non-hydrogen) atoms. The number of hydrogen-bond acceptors (Lipinski definition) is 3. The van der Waals surface area contributed by atoms with Crippen LogP contribution in [0.25, 0.3) is 75.2 Å². The molecular formula is C43H32N2S. The normalized spacial score (nSPS) is 13.6. The van der Waals surface area contributed by atoms with Crippen LogP contribution in [0.3, 0.4) is 0 Å². The standard InChI is InChI=1S/C43H32N2S/c1-25-21-26(2)39(27(3)22-25)43-40(44-41-34-16-6-4-13-31(34)32-14-5-7-17-35(32)42(41)45-43)30-12-10-11-28(23-30)29-19-20-38-36(24-29)33-15-8-9-18-37(33)46-38/h4-9,11,13-24H,10,12H2,1-3H3. The van der Waals surface area contributed by atoms with Crippen LogP contribution in [0.2, 0.25) is 0 Å². The van der Waals surface area contributed by atoms with E-state index in [0.29, 0.717) is 0 Å². The summed E-state index contributed by atoms with van der Waals surface area (Å²) >= 11 is 1.87. The van der Waals surface area contributed by atoms with Gasteiger partial charge in [0.2, 0.25) is 0 Å². The van der Waals surface area contributed by atoms with Crippen LogP contribution in [-0.2, 0) is 0 Å². The molecule has 2 heterocycles. The van der Waals surface area contributed by atoms with E-state index in [0.717, 1.165) is 46.0 Å². The van der Waals surface area contributed by atoms with Crippen LogP contribution in [0, 0.1) is 20.8 Å². The van der Waals surface area contributed by atoms with Crippen molar-refractivity contribution >= 4 is 75.2 Å². The third-order valence-electron chi connectivity index (χ3n) is 9.59. The van der Waals surface area contributed by atoms with Crippen LogP contribution < -0.4 is 0 Å². The van der Waals surface area contributed by atoms with E-state index in [9.17, 15) is 0 Å².